The molecule has 0 bridgehead atoms. The Morgan fingerprint density at radius 2 is 0.953 bits per heavy atom. The van der Waals surface area contributed by atoms with E-state index in [-0.39, 0.29) is 226 Å². The number of ether oxygens (including phenoxy) is 5. The molecule has 0 unspecified atom stereocenters. The molecule has 0 atom stereocenters. The van der Waals surface area contributed by atoms with Gasteiger partial charge in [0.15, 0.2) is 44.8 Å². The Hall–Kier alpha value is -2.39. The average molecular weight is 1740 g/mol. The van der Waals surface area contributed by atoms with E-state index in [1.165, 1.54) is 97.5 Å². The van der Waals surface area contributed by atoms with Gasteiger partial charge in [0.1, 0.15) is 0 Å². The molecular formula is C51H57Br3ClCs2N7O17S5. The van der Waals surface area contributed by atoms with Crippen molar-refractivity contribution in [3.63, 3.8) is 0 Å². The molecule has 458 valence electrons. The summed E-state index contributed by atoms with van der Waals surface area (Å²) in [6.07, 6.45) is 7.86. The van der Waals surface area contributed by atoms with Gasteiger partial charge in [0.25, 0.3) is 39.9 Å². The van der Waals surface area contributed by atoms with Gasteiger partial charge in [-0.15, -0.1) is 0 Å². The van der Waals surface area contributed by atoms with Crippen LogP contribution in [0.2, 0.25) is 0 Å². The number of likely N-dealkylation sites (N-methyl/N-ethyl adjacent to an activating group) is 3. The minimum atomic E-state index is -0.361. The van der Waals surface area contributed by atoms with E-state index < -0.39 is 0 Å². The largest absolute Gasteiger partial charge is 1.00 e. The number of benzene rings is 3. The molecule has 4 N–H and O–H groups in total. The second-order valence-electron chi connectivity index (χ2n) is 14.9. The van der Waals surface area contributed by atoms with Crippen LogP contribution in [0.25, 0.3) is 18.2 Å². The average Bonchev–Trinajstić information content (AvgIpc) is 4.30. The Balaban J connectivity index is -0.000000544. The molecule has 3 saturated heterocycles. The van der Waals surface area contributed by atoms with Gasteiger partial charge in [0.05, 0.1) is 48.4 Å². The second kappa shape index (κ2) is 42.6. The van der Waals surface area contributed by atoms with Crippen molar-refractivity contribution in [1.82, 2.24) is 24.7 Å². The summed E-state index contributed by atoms with van der Waals surface area (Å²) >= 11 is 19.9. The minimum absolute atomic E-state index is 0. The summed E-state index contributed by atoms with van der Waals surface area (Å²) in [6, 6.07) is 9.88. The predicted molar refractivity (Wildman–Crippen MR) is 340 cm³/mol. The Morgan fingerprint density at radius 1 is 0.628 bits per heavy atom. The van der Waals surface area contributed by atoms with E-state index in [2.05, 4.69) is 79.6 Å². The summed E-state index contributed by atoms with van der Waals surface area (Å²) in [5.41, 5.74) is 7.59. The number of carbonyl (C=O) groups excluding carboxylic acids is 9. The predicted octanol–water partition coefficient (Wildman–Crippen LogP) is 6.99. The number of phenols is 1. The minimum Gasteiger partial charge on any atom is -1.00 e. The number of aromatic hydroxyl groups is 1. The van der Waals surface area contributed by atoms with Crippen LogP contribution in [0.15, 0.2) is 76.9 Å². The van der Waals surface area contributed by atoms with Crippen molar-refractivity contribution >= 4 is 197 Å². The molecule has 3 fully saturated rings. The third-order valence-electron chi connectivity index (χ3n) is 9.41. The number of thioether (sulfide) groups is 3. The third-order valence-corrected chi connectivity index (χ3v) is 15.9. The first-order valence-corrected chi connectivity index (χ1v) is 28.2. The monoisotopic (exact) mass is 1740 g/mol. The van der Waals surface area contributed by atoms with E-state index >= 15 is 0 Å². The van der Waals surface area contributed by atoms with Crippen molar-refractivity contribution in [3.8, 4) is 44.6 Å². The topological polar surface area (TPSA) is 326 Å². The van der Waals surface area contributed by atoms with E-state index in [0.717, 1.165) is 50.0 Å². The normalized spacial score (nSPS) is 14.0. The van der Waals surface area contributed by atoms with Crippen molar-refractivity contribution in [2.24, 2.45) is 0 Å². The number of phenolic OH excluding ortho intramolecular Hbond substituents is 1. The first kappa shape index (κ1) is 87.8. The first-order valence-electron chi connectivity index (χ1n) is 21.4. The fourth-order valence-corrected chi connectivity index (χ4v) is 10.8. The molecule has 0 spiro atoms. The van der Waals surface area contributed by atoms with E-state index in [0.29, 0.717) is 94.0 Å². The summed E-state index contributed by atoms with van der Waals surface area (Å²) < 4.78 is 29.3. The summed E-state index contributed by atoms with van der Waals surface area (Å²) in [7, 11) is 8.77. The molecule has 35 heteroatoms. The van der Waals surface area contributed by atoms with Crippen molar-refractivity contribution in [3.05, 3.63) is 93.6 Å². The number of nitrogens with one attached hydrogen (secondary N) is 1. The van der Waals surface area contributed by atoms with Crippen LogP contribution in [-0.4, -0.2) is 123 Å². The quantitative estimate of drug-likeness (QED) is 0.0372. The molecule has 24 nitrogen and oxygen atoms in total. The number of methoxy groups -OCH3 is 3. The summed E-state index contributed by atoms with van der Waals surface area (Å²) in [4.78, 5) is 114. The number of anilines is 2. The number of thiazole rings is 2. The number of carbonyl (C=O) groups is 9. The van der Waals surface area contributed by atoms with E-state index in [1.807, 2.05) is 0 Å². The van der Waals surface area contributed by atoms with E-state index in [1.54, 1.807) is 48.6 Å². The van der Waals surface area contributed by atoms with Crippen LogP contribution in [0.1, 0.15) is 61.7 Å². The number of aromatic nitrogens is 2. The van der Waals surface area contributed by atoms with Crippen LogP contribution >= 0.6 is 117 Å². The molecular weight excluding hydrogens is 1680 g/mol. The van der Waals surface area contributed by atoms with Crippen molar-refractivity contribution < 1.29 is 221 Å². The maximum atomic E-state index is 12.1. The standard InChI is InChI=1S/C17H14BrN3O5S2.C15H12BrN3O4S2.C12H10BrNO4S.C2H3ClO.CH2O3.4CH4.2Cs.H/c1-8(22)20-16-19-7-14(28-16)26-12-6-10(18)9(4-11(12)25-3)5-13-15(23)21(2)17(24)27-13;1-19-13(20)11(24-15(19)21)4-7-3-9(22-2)10(5-8(7)16)23-12-6-18-14(17)25-12;1-14-11(16)10(19-12(14)17)4-6-3-9(18-2)8(15)5-7(6)13;1-2(3)4;2-1-4-3;;;;;;;/h4-7H,1-3H3,(H,19,20,22);3-6H,1-2H3,(H2,17,18);3-5,15H,1-2H3;1H3;1,3H;4*1H4;;;/q;;;;;;;;;2*+1;-1/p-1/b13-5-;11-4-;10-4-;;;;;;;;;. The van der Waals surface area contributed by atoms with Gasteiger partial charge < -0.3 is 51.4 Å². The smallest absolute Gasteiger partial charge is 1.00 e. The summed E-state index contributed by atoms with van der Waals surface area (Å²) in [6.45, 7) is 2.51. The molecule has 3 aliphatic rings. The summed E-state index contributed by atoms with van der Waals surface area (Å²) in [5, 5.41) is 21.2. The van der Waals surface area contributed by atoms with Crippen LogP contribution in [-0.2, 0) is 33.7 Å². The van der Waals surface area contributed by atoms with E-state index in [4.69, 9.17) is 39.5 Å². The van der Waals surface area contributed by atoms with Crippen LogP contribution in [0.5, 0.6) is 44.6 Å². The molecule has 3 aliphatic heterocycles. The number of imide groups is 3. The number of nitrogens with two attached hydrogens (primary N) is 1. The first-order chi connectivity index (χ1) is 37.7. The number of amides is 7. The Bertz CT molecular complexity index is 3360. The molecule has 3 aromatic carbocycles. The van der Waals surface area contributed by atoms with Gasteiger partial charge in [0.2, 0.25) is 21.3 Å². The zero-order chi connectivity index (χ0) is 59.7. The summed E-state index contributed by atoms with van der Waals surface area (Å²) in [5.74, 6) is 0.845. The Labute approximate surface area is 666 Å². The van der Waals surface area contributed by atoms with Gasteiger partial charge >= 0.3 is 138 Å². The van der Waals surface area contributed by atoms with Crippen LogP contribution < -0.4 is 178 Å². The molecule has 0 aliphatic carbocycles. The maximum absolute atomic E-state index is 12.1. The number of rotatable bonds is 12. The number of hydrogen-bond donors (Lipinski definition) is 3. The zero-order valence-corrected chi connectivity index (χ0v) is 66.4. The maximum Gasteiger partial charge on any atom is 1.00 e. The molecule has 86 heavy (non-hydrogen) atoms. The fourth-order valence-electron chi connectivity index (χ4n) is 5.75. The Morgan fingerprint density at radius 3 is 1.24 bits per heavy atom. The fraction of sp³-hybridized carbons (Fsp3) is 0.235. The van der Waals surface area contributed by atoms with Crippen LogP contribution in [0.4, 0.5) is 24.6 Å². The van der Waals surface area contributed by atoms with Crippen LogP contribution in [0, 0.1) is 0 Å². The van der Waals surface area contributed by atoms with Crippen LogP contribution in [0.3, 0.4) is 0 Å². The Kier molecular flexibility index (Phi) is 43.5. The van der Waals surface area contributed by atoms with Crippen molar-refractivity contribution in [2.45, 2.75) is 43.6 Å². The van der Waals surface area contributed by atoms with Gasteiger partial charge in [-0.1, -0.05) is 100 Å². The molecule has 5 aromatic rings. The number of nitrogen functional groups attached to an aromatic ring is 1. The van der Waals surface area contributed by atoms with Crippen molar-refractivity contribution in [1.29, 1.82) is 0 Å². The van der Waals surface area contributed by atoms with Gasteiger partial charge in [-0.25, -0.2) is 9.97 Å². The van der Waals surface area contributed by atoms with Gasteiger partial charge in [-0.2, -0.15) is 0 Å². The molecule has 2 aromatic heterocycles. The molecule has 8 rings (SSSR count). The molecule has 5 heterocycles. The number of nitrogens with zero attached hydrogens (tertiary/aromatic N) is 5. The molecule has 0 saturated carbocycles. The number of halogens is 4. The van der Waals surface area contributed by atoms with Gasteiger partial charge in [-0.3, -0.25) is 57.9 Å². The third kappa shape index (κ3) is 26.1. The zero-order valence-electron chi connectivity index (χ0n) is 45.3. The SMILES string of the molecule is C.C.C.C.CC(=O)Cl.COc1cc(/C=C2\SC(=O)N(C)C2=O)c(Br)cc1O.COc1cc(/C=C2\SC(=O)N(C)C2=O)c(Br)cc1Oc1cnc(N)s1.COc1cc(/C=C2\SC(=O)N(C)C2=O)c(Br)cc1Oc1cnc(NC(C)=O)s1.O=CO[O-].[Cs+].[Cs+].[H-]. The number of hydrogen-bond acceptors (Lipinski definition) is 25. The van der Waals surface area contributed by atoms with Crippen molar-refractivity contribution in [2.75, 3.05) is 53.5 Å². The van der Waals surface area contributed by atoms with Gasteiger partial charge in [-0.05, 0) is 118 Å². The van der Waals surface area contributed by atoms with Gasteiger partial charge in [0, 0.05) is 48.4 Å². The van der Waals surface area contributed by atoms with E-state index in [9.17, 15) is 43.5 Å². The molecule has 7 amide bonds. The molecule has 0 radical (unpaired) electrons. The second-order valence-corrected chi connectivity index (χ2v) is 23.0.